The molecule has 2 heterocycles. The van der Waals surface area contributed by atoms with Gasteiger partial charge in [0, 0.05) is 27.1 Å². The summed E-state index contributed by atoms with van der Waals surface area (Å²) in [7, 11) is 0. The second-order valence-corrected chi connectivity index (χ2v) is 5.80. The van der Waals surface area contributed by atoms with Crippen molar-refractivity contribution in [2.24, 2.45) is 0 Å². The highest BCUT2D eigenvalue weighted by molar-refractivity contribution is 7.12. The minimum atomic E-state index is -0.132. The van der Waals surface area contributed by atoms with E-state index >= 15 is 0 Å². The van der Waals surface area contributed by atoms with E-state index in [9.17, 15) is 9.59 Å². The Kier molecular flexibility index (Phi) is 3.48. The van der Waals surface area contributed by atoms with Gasteiger partial charge in [0.1, 0.15) is 0 Å². The predicted molar refractivity (Wildman–Crippen MR) is 73.6 cm³/mol. The molecule has 0 saturated carbocycles. The Hall–Kier alpha value is -1.68. The molecule has 0 saturated heterocycles. The van der Waals surface area contributed by atoms with E-state index in [0.29, 0.717) is 0 Å². The number of carbonyl (C=O) groups excluding carboxylic acids is 1. The number of Topliss-reactive ketones (excluding diaryl/α,β-unsaturated/α-hetero) is 1. The lowest BCUT2D eigenvalue weighted by molar-refractivity contribution is 0.0970. The smallest absolute Gasteiger partial charge is 0.251 e. The number of ketones is 1. The summed E-state index contributed by atoms with van der Waals surface area (Å²) < 4.78 is 1.51. The number of aryl methyl sites for hydroxylation is 3. The molecule has 0 unspecified atom stereocenters. The van der Waals surface area contributed by atoms with Crippen molar-refractivity contribution in [3.63, 3.8) is 0 Å². The molecular formula is C14H15NO2S. The van der Waals surface area contributed by atoms with Gasteiger partial charge in [0.05, 0.1) is 6.54 Å². The summed E-state index contributed by atoms with van der Waals surface area (Å²) in [5, 5.41) is 0. The average molecular weight is 261 g/mol. The van der Waals surface area contributed by atoms with Crippen molar-refractivity contribution in [2.45, 2.75) is 27.3 Å². The molecule has 0 radical (unpaired) electrons. The van der Waals surface area contributed by atoms with E-state index < -0.39 is 0 Å². The normalized spacial score (nSPS) is 10.6. The molecule has 2 aromatic heterocycles. The van der Waals surface area contributed by atoms with Crippen LogP contribution in [0, 0.1) is 20.8 Å². The van der Waals surface area contributed by atoms with Crippen LogP contribution in [0.3, 0.4) is 0 Å². The summed E-state index contributed by atoms with van der Waals surface area (Å²) in [6.45, 7) is 5.86. The van der Waals surface area contributed by atoms with E-state index in [-0.39, 0.29) is 17.9 Å². The minimum absolute atomic E-state index is 0.00625. The molecule has 0 amide bonds. The summed E-state index contributed by atoms with van der Waals surface area (Å²) in [6.07, 6.45) is 0. The molecule has 0 fully saturated rings. The van der Waals surface area contributed by atoms with Gasteiger partial charge in [0.15, 0.2) is 5.78 Å². The van der Waals surface area contributed by atoms with Crippen molar-refractivity contribution in [3.8, 4) is 0 Å². The molecule has 2 rings (SSSR count). The molecule has 0 N–H and O–H groups in total. The zero-order valence-corrected chi connectivity index (χ0v) is 11.5. The van der Waals surface area contributed by atoms with Gasteiger partial charge in [-0.15, -0.1) is 11.3 Å². The van der Waals surface area contributed by atoms with Crippen LogP contribution in [0.15, 0.2) is 29.1 Å². The van der Waals surface area contributed by atoms with E-state index in [2.05, 4.69) is 0 Å². The lowest BCUT2D eigenvalue weighted by Gasteiger charge is -2.08. The lowest BCUT2D eigenvalue weighted by Crippen LogP contribution is -2.25. The maximum absolute atomic E-state index is 12.2. The van der Waals surface area contributed by atoms with E-state index in [1.54, 1.807) is 17.4 Å². The molecule has 0 atom stereocenters. The number of nitrogens with zero attached hydrogens (tertiary/aromatic N) is 1. The Bertz CT molecular complexity index is 652. The van der Waals surface area contributed by atoms with Crippen LogP contribution in [0.25, 0.3) is 0 Å². The van der Waals surface area contributed by atoms with Crippen molar-refractivity contribution in [1.82, 2.24) is 4.57 Å². The molecule has 0 aliphatic rings. The third-order valence-electron chi connectivity index (χ3n) is 2.91. The van der Waals surface area contributed by atoms with E-state index in [0.717, 1.165) is 21.0 Å². The Morgan fingerprint density at radius 2 is 2.00 bits per heavy atom. The zero-order valence-electron chi connectivity index (χ0n) is 10.7. The topological polar surface area (TPSA) is 39.1 Å². The Balaban J connectivity index is 2.33. The van der Waals surface area contributed by atoms with Gasteiger partial charge in [-0.2, -0.15) is 0 Å². The highest BCUT2D eigenvalue weighted by atomic mass is 32.1. The van der Waals surface area contributed by atoms with Crippen LogP contribution < -0.4 is 5.56 Å². The van der Waals surface area contributed by atoms with Crippen molar-refractivity contribution in [1.29, 1.82) is 0 Å². The second kappa shape index (κ2) is 4.90. The molecule has 0 spiro atoms. The first-order valence-corrected chi connectivity index (χ1v) is 6.57. The van der Waals surface area contributed by atoms with Crippen molar-refractivity contribution >= 4 is 17.1 Å². The maximum Gasteiger partial charge on any atom is 0.251 e. The molecule has 3 nitrogen and oxygen atoms in total. The molecular weight excluding hydrogens is 246 g/mol. The number of pyridine rings is 1. The molecule has 2 aromatic rings. The van der Waals surface area contributed by atoms with Gasteiger partial charge in [-0.1, -0.05) is 6.07 Å². The monoisotopic (exact) mass is 261 g/mol. The standard InChI is InChI=1S/C14H15NO2S/c1-9-5-4-6-14(17)15(9)8-13(16)12-7-10(2)18-11(12)3/h4-7H,8H2,1-3H3. The third-order valence-corrected chi connectivity index (χ3v) is 3.88. The Labute approximate surface area is 110 Å². The molecule has 0 bridgehead atoms. The molecule has 0 aromatic carbocycles. The first-order valence-electron chi connectivity index (χ1n) is 5.75. The molecule has 18 heavy (non-hydrogen) atoms. The molecule has 0 aliphatic carbocycles. The van der Waals surface area contributed by atoms with Crippen LogP contribution in [-0.4, -0.2) is 10.4 Å². The SMILES string of the molecule is Cc1cc(C(=O)Cn2c(C)cccc2=O)c(C)s1. The number of hydrogen-bond donors (Lipinski definition) is 0. The van der Waals surface area contributed by atoms with Gasteiger partial charge >= 0.3 is 0 Å². The molecule has 0 aliphatic heterocycles. The lowest BCUT2D eigenvalue weighted by atomic mass is 10.1. The van der Waals surface area contributed by atoms with Gasteiger partial charge in [0.25, 0.3) is 5.56 Å². The number of hydrogen-bond acceptors (Lipinski definition) is 3. The summed E-state index contributed by atoms with van der Waals surface area (Å²) in [5.41, 5.74) is 1.40. The zero-order chi connectivity index (χ0) is 13.3. The largest absolute Gasteiger partial charge is 0.305 e. The van der Waals surface area contributed by atoms with Crippen LogP contribution >= 0.6 is 11.3 Å². The average Bonchev–Trinajstić information content (AvgIpc) is 2.63. The molecule has 4 heteroatoms. The van der Waals surface area contributed by atoms with Crippen molar-refractivity contribution in [2.75, 3.05) is 0 Å². The maximum atomic E-state index is 12.2. The first kappa shape index (κ1) is 12.8. The van der Waals surface area contributed by atoms with E-state index in [4.69, 9.17) is 0 Å². The predicted octanol–water partition coefficient (Wildman–Crippen LogP) is 2.72. The van der Waals surface area contributed by atoms with Crippen LogP contribution in [0.5, 0.6) is 0 Å². The number of thiophene rings is 1. The number of carbonyl (C=O) groups is 1. The quantitative estimate of drug-likeness (QED) is 0.797. The van der Waals surface area contributed by atoms with E-state index in [1.807, 2.05) is 32.9 Å². The summed E-state index contributed by atoms with van der Waals surface area (Å²) >= 11 is 1.61. The van der Waals surface area contributed by atoms with Gasteiger partial charge in [0.2, 0.25) is 0 Å². The Morgan fingerprint density at radius 3 is 2.56 bits per heavy atom. The van der Waals surface area contributed by atoms with Crippen LogP contribution in [0.1, 0.15) is 25.8 Å². The van der Waals surface area contributed by atoms with Crippen LogP contribution in [0.4, 0.5) is 0 Å². The number of rotatable bonds is 3. The van der Waals surface area contributed by atoms with E-state index in [1.165, 1.54) is 10.6 Å². The van der Waals surface area contributed by atoms with Gasteiger partial charge < -0.3 is 4.57 Å². The minimum Gasteiger partial charge on any atom is -0.305 e. The fourth-order valence-corrected chi connectivity index (χ4v) is 2.90. The summed E-state index contributed by atoms with van der Waals surface area (Å²) in [4.78, 5) is 26.0. The highest BCUT2D eigenvalue weighted by Crippen LogP contribution is 2.21. The van der Waals surface area contributed by atoms with Crippen LogP contribution in [0.2, 0.25) is 0 Å². The van der Waals surface area contributed by atoms with Crippen molar-refractivity contribution in [3.05, 3.63) is 55.6 Å². The fraction of sp³-hybridized carbons (Fsp3) is 0.286. The van der Waals surface area contributed by atoms with Gasteiger partial charge in [-0.05, 0) is 32.9 Å². The van der Waals surface area contributed by atoms with Gasteiger partial charge in [-0.25, -0.2) is 0 Å². The van der Waals surface area contributed by atoms with Crippen LogP contribution in [-0.2, 0) is 6.54 Å². The van der Waals surface area contributed by atoms with Gasteiger partial charge in [-0.3, -0.25) is 9.59 Å². The third kappa shape index (κ3) is 2.43. The summed E-state index contributed by atoms with van der Waals surface area (Å²) in [6, 6.07) is 6.91. The highest BCUT2D eigenvalue weighted by Gasteiger charge is 2.13. The second-order valence-electron chi connectivity index (χ2n) is 4.34. The van der Waals surface area contributed by atoms with Crippen molar-refractivity contribution < 1.29 is 4.79 Å². The Morgan fingerprint density at radius 1 is 1.28 bits per heavy atom. The fourth-order valence-electron chi connectivity index (χ4n) is 1.96. The number of aromatic nitrogens is 1. The summed E-state index contributed by atoms with van der Waals surface area (Å²) in [5.74, 6) is -0.00625. The molecule has 94 valence electrons. The first-order chi connectivity index (χ1) is 8.49.